The van der Waals surface area contributed by atoms with Crippen molar-refractivity contribution in [1.29, 1.82) is 0 Å². The fourth-order valence-corrected chi connectivity index (χ4v) is 5.38. The van der Waals surface area contributed by atoms with E-state index >= 15 is 0 Å². The van der Waals surface area contributed by atoms with Crippen LogP contribution in [0.3, 0.4) is 0 Å². The number of alkyl halides is 3. The predicted octanol–water partition coefficient (Wildman–Crippen LogP) is 6.05. The second-order valence-electron chi connectivity index (χ2n) is 9.92. The van der Waals surface area contributed by atoms with Crippen molar-refractivity contribution in [3.8, 4) is 0 Å². The van der Waals surface area contributed by atoms with Gasteiger partial charge in [-0.05, 0) is 30.0 Å². The van der Waals surface area contributed by atoms with Gasteiger partial charge in [-0.3, -0.25) is 14.7 Å². The summed E-state index contributed by atoms with van der Waals surface area (Å²) in [6.07, 6.45) is 3.02. The third-order valence-corrected chi connectivity index (χ3v) is 7.40. The predicted molar refractivity (Wildman–Crippen MR) is 132 cm³/mol. The maximum Gasteiger partial charge on any atom is 0.416 e. The van der Waals surface area contributed by atoms with Gasteiger partial charge in [-0.2, -0.15) is 13.2 Å². The van der Waals surface area contributed by atoms with Crippen LogP contribution in [0, 0.1) is 0 Å². The average Bonchev–Trinajstić information content (AvgIpc) is 3.13. The van der Waals surface area contributed by atoms with Gasteiger partial charge in [0.25, 0.3) is 0 Å². The van der Waals surface area contributed by atoms with Crippen LogP contribution in [0.25, 0.3) is 0 Å². The molecule has 0 atom stereocenters. The molecule has 4 rings (SSSR count). The number of hydrogen-bond acceptors (Lipinski definition) is 3. The van der Waals surface area contributed by atoms with E-state index in [1.807, 2.05) is 6.07 Å². The monoisotopic (exact) mass is 473 g/mol. The van der Waals surface area contributed by atoms with Crippen LogP contribution in [0.1, 0.15) is 55.2 Å². The lowest BCUT2D eigenvalue weighted by molar-refractivity contribution is -0.137. The summed E-state index contributed by atoms with van der Waals surface area (Å²) < 4.78 is 39.7. The molecule has 0 spiro atoms. The Bertz CT molecular complexity index is 855. The van der Waals surface area contributed by atoms with Crippen LogP contribution >= 0.6 is 0 Å². The Labute approximate surface area is 202 Å². The number of nitrogens with zero attached hydrogens (tertiary/aromatic N) is 3. The molecule has 2 aromatic rings. The summed E-state index contributed by atoms with van der Waals surface area (Å²) in [6, 6.07) is 17.0. The maximum absolute atomic E-state index is 13.2. The molecular formula is C28H38F3N3. The lowest BCUT2D eigenvalue weighted by Gasteiger charge is -2.37. The van der Waals surface area contributed by atoms with Gasteiger partial charge in [0, 0.05) is 58.4 Å². The fourth-order valence-electron chi connectivity index (χ4n) is 5.38. The first-order valence-corrected chi connectivity index (χ1v) is 12.9. The molecule has 186 valence electrons. The van der Waals surface area contributed by atoms with Crippen LogP contribution < -0.4 is 0 Å². The quantitative estimate of drug-likeness (QED) is 0.432. The van der Waals surface area contributed by atoms with Gasteiger partial charge in [0.2, 0.25) is 0 Å². The fraction of sp³-hybridized carbons (Fsp3) is 0.571. The van der Waals surface area contributed by atoms with Crippen molar-refractivity contribution in [1.82, 2.24) is 14.7 Å². The second-order valence-corrected chi connectivity index (χ2v) is 9.92. The average molecular weight is 474 g/mol. The van der Waals surface area contributed by atoms with Gasteiger partial charge in [0.05, 0.1) is 5.56 Å². The first kappa shape index (κ1) is 25.2. The van der Waals surface area contributed by atoms with Crippen LogP contribution in [0.5, 0.6) is 0 Å². The van der Waals surface area contributed by atoms with Crippen molar-refractivity contribution in [2.24, 2.45) is 0 Å². The van der Waals surface area contributed by atoms with E-state index in [4.69, 9.17) is 0 Å². The van der Waals surface area contributed by atoms with Gasteiger partial charge in [-0.25, -0.2) is 0 Å². The van der Waals surface area contributed by atoms with E-state index in [1.54, 1.807) is 6.07 Å². The SMILES string of the molecule is FC(F)(F)c1cccc(CN(CCN2CCN(Cc3ccccc3)CC2)C2CCCCCC2)c1. The van der Waals surface area contributed by atoms with Gasteiger partial charge in [0.15, 0.2) is 0 Å². The smallest absolute Gasteiger partial charge is 0.300 e. The van der Waals surface area contributed by atoms with Gasteiger partial charge < -0.3 is 0 Å². The van der Waals surface area contributed by atoms with E-state index in [2.05, 4.69) is 45.0 Å². The molecule has 3 nitrogen and oxygen atoms in total. The molecule has 0 unspecified atom stereocenters. The largest absolute Gasteiger partial charge is 0.416 e. The molecular weight excluding hydrogens is 435 g/mol. The molecule has 0 aromatic heterocycles. The molecule has 34 heavy (non-hydrogen) atoms. The summed E-state index contributed by atoms with van der Waals surface area (Å²) in [5.41, 5.74) is 1.59. The minimum Gasteiger partial charge on any atom is -0.300 e. The second kappa shape index (κ2) is 12.2. The van der Waals surface area contributed by atoms with Crippen molar-refractivity contribution in [2.75, 3.05) is 39.3 Å². The topological polar surface area (TPSA) is 9.72 Å². The van der Waals surface area contributed by atoms with Crippen molar-refractivity contribution in [2.45, 2.75) is 63.8 Å². The highest BCUT2D eigenvalue weighted by atomic mass is 19.4. The number of benzene rings is 2. The van der Waals surface area contributed by atoms with E-state index in [9.17, 15) is 13.2 Å². The third-order valence-electron chi connectivity index (χ3n) is 7.40. The zero-order valence-corrected chi connectivity index (χ0v) is 20.1. The third kappa shape index (κ3) is 7.56. The molecule has 1 aliphatic heterocycles. The highest BCUT2D eigenvalue weighted by Gasteiger charge is 2.31. The molecule has 0 amide bonds. The number of piperazine rings is 1. The summed E-state index contributed by atoms with van der Waals surface area (Å²) in [5.74, 6) is 0. The minimum atomic E-state index is -4.29. The van der Waals surface area contributed by atoms with Crippen LogP contribution in [0.4, 0.5) is 13.2 Å². The van der Waals surface area contributed by atoms with Crippen LogP contribution in [0.15, 0.2) is 54.6 Å². The van der Waals surface area contributed by atoms with Gasteiger partial charge in [-0.1, -0.05) is 74.2 Å². The molecule has 0 radical (unpaired) electrons. The molecule has 0 bridgehead atoms. The Hall–Kier alpha value is -1.89. The number of halogens is 3. The van der Waals surface area contributed by atoms with E-state index in [1.165, 1.54) is 43.4 Å². The molecule has 1 aliphatic carbocycles. The molecule has 1 heterocycles. The minimum absolute atomic E-state index is 0.469. The Morgan fingerprint density at radius 2 is 1.41 bits per heavy atom. The van der Waals surface area contributed by atoms with E-state index in [0.717, 1.165) is 64.2 Å². The summed E-state index contributed by atoms with van der Waals surface area (Å²) in [5, 5.41) is 0. The van der Waals surface area contributed by atoms with Gasteiger partial charge in [-0.15, -0.1) is 0 Å². The van der Waals surface area contributed by atoms with Crippen molar-refractivity contribution in [3.05, 3.63) is 71.3 Å². The maximum atomic E-state index is 13.2. The lowest BCUT2D eigenvalue weighted by atomic mass is 10.0. The van der Waals surface area contributed by atoms with E-state index in [0.29, 0.717) is 12.6 Å². The van der Waals surface area contributed by atoms with Crippen LogP contribution in [0.2, 0.25) is 0 Å². The molecule has 2 aromatic carbocycles. The van der Waals surface area contributed by atoms with Gasteiger partial charge in [0.1, 0.15) is 0 Å². The van der Waals surface area contributed by atoms with Crippen LogP contribution in [-0.2, 0) is 19.3 Å². The summed E-state index contributed by atoms with van der Waals surface area (Å²) >= 11 is 0. The Kier molecular flexibility index (Phi) is 9.04. The van der Waals surface area contributed by atoms with Crippen molar-refractivity contribution >= 4 is 0 Å². The van der Waals surface area contributed by atoms with Crippen molar-refractivity contribution in [3.63, 3.8) is 0 Å². The molecule has 2 fully saturated rings. The highest BCUT2D eigenvalue weighted by Crippen LogP contribution is 2.30. The Morgan fingerprint density at radius 3 is 2.09 bits per heavy atom. The van der Waals surface area contributed by atoms with Crippen LogP contribution in [-0.4, -0.2) is 60.0 Å². The first-order valence-electron chi connectivity index (χ1n) is 12.9. The normalized spacial score (nSPS) is 19.4. The summed E-state index contributed by atoms with van der Waals surface area (Å²) in [6.45, 7) is 7.72. The Morgan fingerprint density at radius 1 is 0.765 bits per heavy atom. The Balaban J connectivity index is 1.34. The molecule has 6 heteroatoms. The molecule has 2 aliphatic rings. The molecule has 1 saturated carbocycles. The molecule has 0 N–H and O–H groups in total. The summed E-state index contributed by atoms with van der Waals surface area (Å²) in [7, 11) is 0. The number of hydrogen-bond donors (Lipinski definition) is 0. The lowest BCUT2D eigenvalue weighted by Crippen LogP contribution is -2.49. The van der Waals surface area contributed by atoms with Crippen molar-refractivity contribution < 1.29 is 13.2 Å². The van der Waals surface area contributed by atoms with E-state index in [-0.39, 0.29) is 0 Å². The highest BCUT2D eigenvalue weighted by molar-refractivity contribution is 5.25. The summed E-state index contributed by atoms with van der Waals surface area (Å²) in [4.78, 5) is 7.51. The first-order chi connectivity index (χ1) is 16.5. The number of rotatable bonds is 8. The van der Waals surface area contributed by atoms with E-state index < -0.39 is 11.7 Å². The standard InChI is InChI=1S/C28H38F3N3/c29-28(30,31)26-12-8-11-25(21-26)23-34(27-13-6-1-2-7-14-27)20-19-32-15-17-33(18-16-32)22-24-9-4-3-5-10-24/h3-5,8-12,21,27H,1-2,6-7,13-20,22-23H2. The molecule has 1 saturated heterocycles. The zero-order chi connectivity index (χ0) is 23.8. The van der Waals surface area contributed by atoms with Gasteiger partial charge >= 0.3 is 6.18 Å². The zero-order valence-electron chi connectivity index (χ0n) is 20.1.